The Balaban J connectivity index is 1.95. The number of hydrogen-bond acceptors (Lipinski definition) is 6. The largest absolute Gasteiger partial charge is 0.448 e. The lowest BCUT2D eigenvalue weighted by Gasteiger charge is -2.31. The highest BCUT2D eigenvalue weighted by Crippen LogP contribution is 2.21. The van der Waals surface area contributed by atoms with Gasteiger partial charge in [-0.2, -0.15) is 5.01 Å². The topological polar surface area (TPSA) is 79.3 Å². The minimum absolute atomic E-state index is 0.0274. The molecule has 3 atom stereocenters. The Labute approximate surface area is 141 Å². The van der Waals surface area contributed by atoms with Crippen molar-refractivity contribution in [2.75, 3.05) is 20.4 Å². The molecule has 24 heavy (non-hydrogen) atoms. The molecule has 1 aromatic carbocycles. The number of hydrogen-bond donors (Lipinski definition) is 1. The maximum Gasteiger partial charge on any atom is 0.424 e. The number of aliphatic hydroxyl groups is 1. The zero-order valence-corrected chi connectivity index (χ0v) is 14.0. The summed E-state index contributed by atoms with van der Waals surface area (Å²) in [7, 11) is 1.58. The Morgan fingerprint density at radius 2 is 2.21 bits per heavy atom. The fourth-order valence-electron chi connectivity index (χ4n) is 2.52. The van der Waals surface area contributed by atoms with Gasteiger partial charge in [-0.3, -0.25) is 0 Å². The number of ether oxygens (including phenoxy) is 2. The average molecular weight is 336 g/mol. The second-order valence-corrected chi connectivity index (χ2v) is 5.99. The summed E-state index contributed by atoms with van der Waals surface area (Å²) < 4.78 is 10.5. The summed E-state index contributed by atoms with van der Waals surface area (Å²) in [6.07, 6.45) is 0.182. The van der Waals surface area contributed by atoms with Crippen LogP contribution in [0.3, 0.4) is 0 Å². The third kappa shape index (κ3) is 4.77. The zero-order chi connectivity index (χ0) is 17.5. The van der Waals surface area contributed by atoms with E-state index in [0.29, 0.717) is 12.8 Å². The van der Waals surface area contributed by atoms with Gasteiger partial charge in [0, 0.05) is 13.5 Å². The normalized spacial score (nSPS) is 22.1. The smallest absolute Gasteiger partial charge is 0.424 e. The van der Waals surface area contributed by atoms with Crippen LogP contribution in [0, 0.1) is 5.92 Å². The number of carbonyl (C=O) groups excluding carboxylic acids is 2. The molecule has 0 spiro atoms. The van der Waals surface area contributed by atoms with Crippen molar-refractivity contribution in [2.24, 2.45) is 5.92 Å². The van der Waals surface area contributed by atoms with Gasteiger partial charge in [0.2, 0.25) is 0 Å². The lowest BCUT2D eigenvalue weighted by molar-refractivity contribution is -0.108. The van der Waals surface area contributed by atoms with E-state index in [4.69, 9.17) is 9.47 Å². The number of rotatable bonds is 7. The van der Waals surface area contributed by atoms with Crippen LogP contribution in [0.15, 0.2) is 30.3 Å². The van der Waals surface area contributed by atoms with Crippen LogP contribution in [0.2, 0.25) is 0 Å². The summed E-state index contributed by atoms with van der Waals surface area (Å²) in [6.45, 7) is 2.11. The van der Waals surface area contributed by atoms with Crippen molar-refractivity contribution < 1.29 is 24.2 Å². The van der Waals surface area contributed by atoms with Crippen LogP contribution in [0.5, 0.6) is 0 Å². The molecule has 7 heteroatoms. The van der Waals surface area contributed by atoms with E-state index in [0.717, 1.165) is 11.8 Å². The van der Waals surface area contributed by atoms with Gasteiger partial charge < -0.3 is 19.4 Å². The SMILES string of the molecule is CC(CC=O)COC(=O)N(C)N1COC(O)C1Cc1ccccc1. The highest BCUT2D eigenvalue weighted by Gasteiger charge is 2.38. The summed E-state index contributed by atoms with van der Waals surface area (Å²) in [6, 6.07) is 9.32. The highest BCUT2D eigenvalue weighted by atomic mass is 16.6. The molecule has 0 bridgehead atoms. The van der Waals surface area contributed by atoms with E-state index in [-0.39, 0.29) is 25.3 Å². The van der Waals surface area contributed by atoms with E-state index in [9.17, 15) is 14.7 Å². The van der Waals surface area contributed by atoms with E-state index >= 15 is 0 Å². The summed E-state index contributed by atoms with van der Waals surface area (Å²) in [5.41, 5.74) is 1.04. The van der Waals surface area contributed by atoms with Gasteiger partial charge in [0.15, 0.2) is 6.29 Å². The van der Waals surface area contributed by atoms with Crippen LogP contribution >= 0.6 is 0 Å². The first-order valence-electron chi connectivity index (χ1n) is 7.97. The Hall–Kier alpha value is -1.96. The van der Waals surface area contributed by atoms with Crippen molar-refractivity contribution in [3.63, 3.8) is 0 Å². The average Bonchev–Trinajstić information content (AvgIpc) is 2.94. The van der Waals surface area contributed by atoms with Crippen LogP contribution < -0.4 is 0 Å². The molecule has 0 aromatic heterocycles. The molecule has 0 radical (unpaired) electrons. The molecule has 1 aromatic rings. The van der Waals surface area contributed by atoms with Gasteiger partial charge in [0.05, 0.1) is 12.6 Å². The quantitative estimate of drug-likeness (QED) is 0.759. The van der Waals surface area contributed by atoms with Crippen molar-refractivity contribution in [3.8, 4) is 0 Å². The zero-order valence-electron chi connectivity index (χ0n) is 14.0. The Kier molecular flexibility index (Phi) is 6.72. The third-order valence-electron chi connectivity index (χ3n) is 4.02. The molecule has 3 unspecified atom stereocenters. The first-order chi connectivity index (χ1) is 11.5. The van der Waals surface area contributed by atoms with E-state index in [1.54, 1.807) is 12.1 Å². The van der Waals surface area contributed by atoms with Gasteiger partial charge in [0.25, 0.3) is 0 Å². The number of amides is 1. The molecule has 2 rings (SSSR count). The molecule has 1 heterocycles. The third-order valence-corrected chi connectivity index (χ3v) is 4.02. The van der Waals surface area contributed by atoms with Gasteiger partial charge in [-0.1, -0.05) is 37.3 Å². The maximum atomic E-state index is 12.2. The van der Waals surface area contributed by atoms with Gasteiger partial charge >= 0.3 is 6.09 Å². The first kappa shape index (κ1) is 18.4. The maximum absolute atomic E-state index is 12.2. The minimum atomic E-state index is -0.977. The molecule has 0 saturated carbocycles. The summed E-state index contributed by atoms with van der Waals surface area (Å²) in [5.74, 6) is -0.0274. The Bertz CT molecular complexity index is 539. The van der Waals surface area contributed by atoms with E-state index in [1.807, 2.05) is 37.3 Å². The molecule has 132 valence electrons. The molecular weight excluding hydrogens is 312 g/mol. The lowest BCUT2D eigenvalue weighted by Crippen LogP contribution is -2.49. The summed E-state index contributed by atoms with van der Waals surface area (Å²) in [5, 5.41) is 13.0. The molecule has 1 saturated heterocycles. The van der Waals surface area contributed by atoms with E-state index in [1.165, 1.54) is 5.01 Å². The molecule has 1 amide bonds. The van der Waals surface area contributed by atoms with Crippen LogP contribution in [-0.2, 0) is 20.7 Å². The molecule has 1 N–H and O–H groups in total. The van der Waals surface area contributed by atoms with Crippen molar-refractivity contribution in [3.05, 3.63) is 35.9 Å². The second kappa shape index (κ2) is 8.77. The highest BCUT2D eigenvalue weighted by molar-refractivity contribution is 5.66. The van der Waals surface area contributed by atoms with Gasteiger partial charge in [-0.25, -0.2) is 9.80 Å². The molecular formula is C17H24N2O5. The number of aldehydes is 1. The van der Waals surface area contributed by atoms with Crippen LogP contribution in [-0.4, -0.2) is 60.2 Å². The number of nitrogens with zero attached hydrogens (tertiary/aromatic N) is 2. The molecule has 1 aliphatic heterocycles. The van der Waals surface area contributed by atoms with Gasteiger partial charge in [-0.15, -0.1) is 0 Å². The Morgan fingerprint density at radius 3 is 2.88 bits per heavy atom. The molecule has 1 aliphatic rings. The number of hydrazine groups is 1. The molecule has 1 fully saturated rings. The molecule has 7 nitrogen and oxygen atoms in total. The second-order valence-electron chi connectivity index (χ2n) is 5.99. The van der Waals surface area contributed by atoms with E-state index in [2.05, 4.69) is 0 Å². The van der Waals surface area contributed by atoms with Crippen molar-refractivity contribution in [1.29, 1.82) is 0 Å². The van der Waals surface area contributed by atoms with Crippen molar-refractivity contribution in [2.45, 2.75) is 32.1 Å². The predicted molar refractivity (Wildman–Crippen MR) is 86.7 cm³/mol. The predicted octanol–water partition coefficient (Wildman–Crippen LogP) is 1.41. The van der Waals surface area contributed by atoms with Crippen molar-refractivity contribution in [1.82, 2.24) is 10.0 Å². The minimum Gasteiger partial charge on any atom is -0.448 e. The molecule has 0 aliphatic carbocycles. The fourth-order valence-corrected chi connectivity index (χ4v) is 2.52. The Morgan fingerprint density at radius 1 is 1.50 bits per heavy atom. The van der Waals surface area contributed by atoms with E-state index < -0.39 is 12.4 Å². The number of aliphatic hydroxyl groups excluding tert-OH is 1. The fraction of sp³-hybridized carbons (Fsp3) is 0.529. The van der Waals surface area contributed by atoms with Crippen LogP contribution in [0.1, 0.15) is 18.9 Å². The standard InChI is InChI=1S/C17H24N2O5/c1-13(8-9-20)11-23-17(22)18(2)19-12-24-16(21)15(19)10-14-6-4-3-5-7-14/h3-7,9,13,15-16,21H,8,10-12H2,1-2H3. The van der Waals surface area contributed by atoms with Gasteiger partial charge in [0.1, 0.15) is 13.0 Å². The van der Waals surface area contributed by atoms with Crippen molar-refractivity contribution >= 4 is 12.4 Å². The number of benzene rings is 1. The summed E-state index contributed by atoms with van der Waals surface area (Å²) >= 11 is 0. The van der Waals surface area contributed by atoms with Gasteiger partial charge in [-0.05, 0) is 17.9 Å². The summed E-state index contributed by atoms with van der Waals surface area (Å²) in [4.78, 5) is 22.6. The lowest BCUT2D eigenvalue weighted by atomic mass is 10.1. The number of carbonyl (C=O) groups is 2. The first-order valence-corrected chi connectivity index (χ1v) is 7.97. The monoisotopic (exact) mass is 336 g/mol. The van der Waals surface area contributed by atoms with Crippen LogP contribution in [0.4, 0.5) is 4.79 Å². The van der Waals surface area contributed by atoms with Crippen LogP contribution in [0.25, 0.3) is 0 Å².